The van der Waals surface area contributed by atoms with Crippen LogP contribution in [0.1, 0.15) is 31.2 Å². The molecule has 1 fully saturated rings. The van der Waals surface area contributed by atoms with Crippen LogP contribution >= 0.6 is 11.6 Å². The molecule has 6 rings (SSSR count). The number of nitrogens with one attached hydrogen (secondary N) is 4. The average Bonchev–Trinajstić information content (AvgIpc) is 3.44. The van der Waals surface area contributed by atoms with Gasteiger partial charge >= 0.3 is 6.03 Å². The Morgan fingerprint density at radius 1 is 1.10 bits per heavy atom. The topological polar surface area (TPSA) is 124 Å². The lowest BCUT2D eigenvalue weighted by Crippen LogP contribution is -2.33. The van der Waals surface area contributed by atoms with Crippen LogP contribution in [0, 0.1) is 17.7 Å². The number of hydrogen-bond acceptors (Lipinski definition) is 7. The minimum Gasteiger partial charge on any atom is -0.339 e. The first-order valence-electron chi connectivity index (χ1n) is 13.9. The Bertz CT molecular complexity index is 1580. The maximum Gasteiger partial charge on any atom is 0.321 e. The summed E-state index contributed by atoms with van der Waals surface area (Å²) in [7, 11) is 0. The number of likely N-dealkylation sites (tertiary alicyclic amines) is 1. The van der Waals surface area contributed by atoms with Crippen molar-refractivity contribution in [2.45, 2.75) is 32.1 Å². The fourth-order valence-corrected chi connectivity index (χ4v) is 5.58. The Kier molecular flexibility index (Phi) is 8.00. The molecule has 12 heteroatoms. The zero-order valence-electron chi connectivity index (χ0n) is 22.7. The Morgan fingerprint density at radius 2 is 1.98 bits per heavy atom. The van der Waals surface area contributed by atoms with Gasteiger partial charge in [0.05, 0.1) is 11.9 Å². The van der Waals surface area contributed by atoms with Crippen molar-refractivity contribution in [3.05, 3.63) is 77.0 Å². The maximum absolute atomic E-state index is 13.9. The molecule has 1 aromatic heterocycles. The summed E-state index contributed by atoms with van der Waals surface area (Å²) < 4.78 is 13.9. The number of benzene rings is 2. The molecule has 42 heavy (non-hydrogen) atoms. The van der Waals surface area contributed by atoms with E-state index in [9.17, 15) is 14.0 Å². The van der Waals surface area contributed by atoms with E-state index in [0.29, 0.717) is 36.3 Å². The summed E-state index contributed by atoms with van der Waals surface area (Å²) in [4.78, 5) is 40.6. The molecule has 10 nitrogen and oxygen atoms in total. The number of carbonyl (C=O) groups excluding carboxylic acids is 2. The summed E-state index contributed by atoms with van der Waals surface area (Å²) in [5.41, 5.74) is 3.57. The molecule has 3 aromatic rings. The predicted octanol–water partition coefficient (Wildman–Crippen LogP) is 6.19. The van der Waals surface area contributed by atoms with Crippen molar-refractivity contribution in [3.8, 4) is 0 Å². The van der Waals surface area contributed by atoms with Crippen molar-refractivity contribution in [3.63, 3.8) is 0 Å². The summed E-state index contributed by atoms with van der Waals surface area (Å²) in [5, 5.41) is 12.6. The monoisotopic (exact) mass is 588 g/mol. The largest absolute Gasteiger partial charge is 0.339 e. The Morgan fingerprint density at radius 3 is 2.86 bits per heavy atom. The number of hydrogen-bond donors (Lipinski definition) is 4. The SMILES string of the molecule is O=C(C[C@H]1CCN(C(=O)Nc2ccccc2F)C1)Nc1ccc2cc1CCC1C=NC=C(C1)Nc1ncc(Cl)c(n1)N2. The van der Waals surface area contributed by atoms with Crippen LogP contribution in [0.25, 0.3) is 0 Å². The van der Waals surface area contributed by atoms with Crippen molar-refractivity contribution in [2.24, 2.45) is 16.8 Å². The number of allylic oxidation sites excluding steroid dienone is 1. The number of rotatable bonds is 4. The van der Waals surface area contributed by atoms with Crippen LogP contribution in [0.15, 0.2) is 65.6 Å². The van der Waals surface area contributed by atoms with Crippen LogP contribution in [0.2, 0.25) is 5.02 Å². The second-order valence-electron chi connectivity index (χ2n) is 10.7. The van der Waals surface area contributed by atoms with Crippen molar-refractivity contribution in [1.82, 2.24) is 14.9 Å². The highest BCUT2D eigenvalue weighted by molar-refractivity contribution is 6.32. The number of halogens is 2. The summed E-state index contributed by atoms with van der Waals surface area (Å²) in [6.45, 7) is 0.932. The number of carbonyl (C=O) groups is 2. The maximum atomic E-state index is 13.9. The van der Waals surface area contributed by atoms with E-state index in [4.69, 9.17) is 11.6 Å². The molecule has 0 saturated carbocycles. The average molecular weight is 589 g/mol. The first kappa shape index (κ1) is 27.6. The molecule has 1 saturated heterocycles. The van der Waals surface area contributed by atoms with E-state index >= 15 is 0 Å². The van der Waals surface area contributed by atoms with E-state index in [2.05, 4.69) is 36.2 Å². The lowest BCUT2D eigenvalue weighted by Gasteiger charge is -2.19. The van der Waals surface area contributed by atoms with Crippen LogP contribution in [-0.4, -0.2) is 46.1 Å². The third-order valence-corrected chi connectivity index (χ3v) is 7.89. The Hall–Kier alpha value is -4.51. The highest BCUT2D eigenvalue weighted by Crippen LogP contribution is 2.31. The minimum atomic E-state index is -0.486. The third-order valence-electron chi connectivity index (χ3n) is 7.61. The fraction of sp³-hybridized carbons (Fsp3) is 0.300. The van der Waals surface area contributed by atoms with Crippen LogP contribution in [-0.2, 0) is 11.2 Å². The highest BCUT2D eigenvalue weighted by atomic mass is 35.5. The molecule has 0 radical (unpaired) electrons. The normalized spacial score (nSPS) is 19.3. The lowest BCUT2D eigenvalue weighted by molar-refractivity contribution is -0.117. The van der Waals surface area contributed by atoms with Crippen LogP contribution < -0.4 is 21.3 Å². The smallest absolute Gasteiger partial charge is 0.321 e. The van der Waals surface area contributed by atoms with Crippen LogP contribution in [0.4, 0.5) is 38.0 Å². The molecule has 3 amide bonds. The van der Waals surface area contributed by atoms with Gasteiger partial charge in [-0.15, -0.1) is 0 Å². The fourth-order valence-electron chi connectivity index (χ4n) is 5.44. The Balaban J connectivity index is 1.13. The number of nitrogens with zero attached hydrogens (tertiary/aromatic N) is 4. The van der Waals surface area contributed by atoms with E-state index in [0.717, 1.165) is 41.9 Å². The van der Waals surface area contributed by atoms with Gasteiger partial charge in [0.2, 0.25) is 11.9 Å². The molecule has 4 heterocycles. The van der Waals surface area contributed by atoms with Gasteiger partial charge in [-0.1, -0.05) is 23.7 Å². The number of fused-ring (bicyclic) bond motifs is 6. The molecule has 1 unspecified atom stereocenters. The van der Waals surface area contributed by atoms with Crippen LogP contribution in [0.5, 0.6) is 0 Å². The van der Waals surface area contributed by atoms with Crippen LogP contribution in [0.3, 0.4) is 0 Å². The predicted molar refractivity (Wildman–Crippen MR) is 162 cm³/mol. The highest BCUT2D eigenvalue weighted by Gasteiger charge is 2.28. The van der Waals surface area contributed by atoms with Gasteiger partial charge in [0, 0.05) is 54.9 Å². The van der Waals surface area contributed by atoms with E-state index < -0.39 is 5.82 Å². The second kappa shape index (κ2) is 12.2. The molecule has 4 N–H and O–H groups in total. The molecule has 0 spiro atoms. The second-order valence-corrected chi connectivity index (χ2v) is 11.1. The number of amides is 3. The van der Waals surface area contributed by atoms with E-state index in [1.807, 2.05) is 24.4 Å². The summed E-state index contributed by atoms with van der Waals surface area (Å²) >= 11 is 6.37. The number of para-hydroxylation sites is 1. The quantitative estimate of drug-likeness (QED) is 0.288. The summed E-state index contributed by atoms with van der Waals surface area (Å²) in [6.07, 6.45) is 8.57. The molecule has 2 aromatic carbocycles. The number of anilines is 5. The van der Waals surface area contributed by atoms with Crippen molar-refractivity contribution < 1.29 is 14.0 Å². The van der Waals surface area contributed by atoms with Crippen molar-refractivity contribution in [2.75, 3.05) is 34.4 Å². The van der Waals surface area contributed by atoms with Gasteiger partial charge in [-0.25, -0.2) is 14.2 Å². The van der Waals surface area contributed by atoms with Gasteiger partial charge in [0.15, 0.2) is 5.82 Å². The molecule has 2 atom stereocenters. The van der Waals surface area contributed by atoms with Gasteiger partial charge in [-0.2, -0.15) is 4.98 Å². The lowest BCUT2D eigenvalue weighted by atomic mass is 9.94. The van der Waals surface area contributed by atoms with E-state index in [1.54, 1.807) is 29.4 Å². The third kappa shape index (κ3) is 6.52. The van der Waals surface area contributed by atoms with E-state index in [1.165, 1.54) is 12.1 Å². The number of aromatic nitrogens is 2. The molecule has 6 bridgehead atoms. The number of urea groups is 1. The molecular formula is C30H30ClFN8O2. The number of aliphatic imine (C=N–C) groups is 1. The Labute approximate surface area is 247 Å². The van der Waals surface area contributed by atoms with Crippen molar-refractivity contribution in [1.29, 1.82) is 0 Å². The van der Waals surface area contributed by atoms with Gasteiger partial charge in [0.25, 0.3) is 0 Å². The molecule has 3 aliphatic heterocycles. The first-order valence-corrected chi connectivity index (χ1v) is 14.3. The van der Waals surface area contributed by atoms with Crippen molar-refractivity contribution >= 4 is 58.6 Å². The first-order chi connectivity index (χ1) is 20.4. The van der Waals surface area contributed by atoms with Gasteiger partial charge < -0.3 is 26.2 Å². The zero-order valence-corrected chi connectivity index (χ0v) is 23.5. The summed E-state index contributed by atoms with van der Waals surface area (Å²) in [6, 6.07) is 11.4. The van der Waals surface area contributed by atoms with Gasteiger partial charge in [-0.05, 0) is 67.5 Å². The molecular weight excluding hydrogens is 559 g/mol. The van der Waals surface area contributed by atoms with E-state index in [-0.39, 0.29) is 35.9 Å². The zero-order chi connectivity index (χ0) is 29.1. The van der Waals surface area contributed by atoms with Gasteiger partial charge in [0.1, 0.15) is 10.8 Å². The molecule has 0 aliphatic carbocycles. The molecule has 3 aliphatic rings. The summed E-state index contributed by atoms with van der Waals surface area (Å²) in [5.74, 6) is 0.520. The molecule has 216 valence electrons. The van der Waals surface area contributed by atoms with Gasteiger partial charge in [-0.3, -0.25) is 9.79 Å². The minimum absolute atomic E-state index is 0.00706. The standard InChI is InChI=1S/C30H30ClFN8O2/c31-23-16-34-29-36-22-11-18(14-33-15-22)5-6-20-13-21(35-28(23)39-29)7-8-25(20)37-27(41)12-19-9-10-40(17-19)30(42)38-26-4-2-1-3-24(26)32/h1-4,7-8,13-16,18-19H,5-6,9-12,17H2,(H,37,41)(H,38,42)(H2,34,35,36,39)/t18?,19-/m1/s1. The number of aryl methyl sites for hydroxylation is 1.